The highest BCUT2D eigenvalue weighted by molar-refractivity contribution is 6.05. The molecule has 0 aliphatic heterocycles. The minimum atomic E-state index is -0.271. The van der Waals surface area contributed by atoms with Gasteiger partial charge in [-0.15, -0.1) is 0 Å². The Morgan fingerprint density at radius 3 is 2.29 bits per heavy atom. The van der Waals surface area contributed by atoms with Gasteiger partial charge in [-0.2, -0.15) is 0 Å². The van der Waals surface area contributed by atoms with Crippen molar-refractivity contribution in [3.63, 3.8) is 0 Å². The SMILES string of the molecule is CCN(CC)C(=O)c1c(OCOC)ccc(OC)c1C=O. The lowest BCUT2D eigenvalue weighted by Gasteiger charge is -2.22. The summed E-state index contributed by atoms with van der Waals surface area (Å²) in [4.78, 5) is 25.6. The lowest BCUT2D eigenvalue weighted by Crippen LogP contribution is -2.31. The predicted octanol–water partition coefficient (Wildman–Crippen LogP) is 1.97. The summed E-state index contributed by atoms with van der Waals surface area (Å²) in [7, 11) is 2.93. The summed E-state index contributed by atoms with van der Waals surface area (Å²) < 4.78 is 15.4. The molecular formula is C15H21NO5. The first-order valence-corrected chi connectivity index (χ1v) is 6.71. The highest BCUT2D eigenvalue weighted by atomic mass is 16.7. The quantitative estimate of drug-likeness (QED) is 0.542. The van der Waals surface area contributed by atoms with E-state index >= 15 is 0 Å². The smallest absolute Gasteiger partial charge is 0.258 e. The van der Waals surface area contributed by atoms with E-state index in [4.69, 9.17) is 14.2 Å². The Morgan fingerprint density at radius 2 is 1.81 bits per heavy atom. The number of aldehydes is 1. The van der Waals surface area contributed by atoms with E-state index in [1.165, 1.54) is 14.2 Å². The maximum absolute atomic E-state index is 12.6. The molecule has 0 radical (unpaired) electrons. The standard InChI is InChI=1S/C15H21NO5/c1-5-16(6-2)15(18)14-11(9-17)12(20-4)7-8-13(14)21-10-19-3/h7-9H,5-6,10H2,1-4H3. The van der Waals surface area contributed by atoms with Crippen LogP contribution in [0.3, 0.4) is 0 Å². The molecule has 21 heavy (non-hydrogen) atoms. The number of methoxy groups -OCH3 is 2. The van der Waals surface area contributed by atoms with Gasteiger partial charge in [0.25, 0.3) is 5.91 Å². The molecule has 0 aromatic heterocycles. The highest BCUT2D eigenvalue weighted by Gasteiger charge is 2.24. The molecule has 1 rings (SSSR count). The van der Waals surface area contributed by atoms with Crippen LogP contribution < -0.4 is 9.47 Å². The van der Waals surface area contributed by atoms with Crippen molar-refractivity contribution >= 4 is 12.2 Å². The minimum absolute atomic E-state index is 0.0108. The van der Waals surface area contributed by atoms with Crippen molar-refractivity contribution in [2.24, 2.45) is 0 Å². The lowest BCUT2D eigenvalue weighted by atomic mass is 10.0. The Balaban J connectivity index is 3.40. The van der Waals surface area contributed by atoms with Crippen molar-refractivity contribution in [2.45, 2.75) is 13.8 Å². The van der Waals surface area contributed by atoms with Gasteiger partial charge in [-0.1, -0.05) is 0 Å². The van der Waals surface area contributed by atoms with Gasteiger partial charge < -0.3 is 19.1 Å². The van der Waals surface area contributed by atoms with Crippen LogP contribution in [0.4, 0.5) is 0 Å². The maximum atomic E-state index is 12.6. The third kappa shape index (κ3) is 3.72. The van der Waals surface area contributed by atoms with Gasteiger partial charge in [-0.3, -0.25) is 9.59 Å². The van der Waals surface area contributed by atoms with Crippen LogP contribution in [0.5, 0.6) is 11.5 Å². The molecule has 0 unspecified atom stereocenters. The Morgan fingerprint density at radius 1 is 1.19 bits per heavy atom. The van der Waals surface area contributed by atoms with Crippen molar-refractivity contribution in [1.82, 2.24) is 4.90 Å². The zero-order valence-electron chi connectivity index (χ0n) is 12.8. The van der Waals surface area contributed by atoms with E-state index in [9.17, 15) is 9.59 Å². The van der Waals surface area contributed by atoms with Crippen molar-refractivity contribution in [1.29, 1.82) is 0 Å². The first-order chi connectivity index (χ1) is 10.1. The van der Waals surface area contributed by atoms with E-state index in [0.717, 1.165) is 0 Å². The second-order valence-corrected chi connectivity index (χ2v) is 4.20. The molecule has 0 bridgehead atoms. The number of carbonyl (C=O) groups excluding carboxylic acids is 2. The highest BCUT2D eigenvalue weighted by Crippen LogP contribution is 2.30. The van der Waals surface area contributed by atoms with Crippen LogP contribution in [-0.4, -0.2) is 51.2 Å². The van der Waals surface area contributed by atoms with Crippen LogP contribution >= 0.6 is 0 Å². The average molecular weight is 295 g/mol. The van der Waals surface area contributed by atoms with Gasteiger partial charge in [-0.05, 0) is 26.0 Å². The number of nitrogens with zero attached hydrogens (tertiary/aromatic N) is 1. The fourth-order valence-electron chi connectivity index (χ4n) is 2.01. The molecule has 0 aliphatic carbocycles. The van der Waals surface area contributed by atoms with E-state index in [-0.39, 0.29) is 23.8 Å². The number of carbonyl (C=O) groups is 2. The minimum Gasteiger partial charge on any atom is -0.496 e. The molecule has 0 heterocycles. The molecule has 6 heteroatoms. The molecule has 0 N–H and O–H groups in total. The zero-order chi connectivity index (χ0) is 15.8. The molecule has 6 nitrogen and oxygen atoms in total. The second kappa shape index (κ2) is 8.26. The fourth-order valence-corrected chi connectivity index (χ4v) is 2.01. The summed E-state index contributed by atoms with van der Waals surface area (Å²) in [6.45, 7) is 4.81. The monoisotopic (exact) mass is 295 g/mol. The predicted molar refractivity (Wildman–Crippen MR) is 78.1 cm³/mol. The van der Waals surface area contributed by atoms with E-state index < -0.39 is 0 Å². The van der Waals surface area contributed by atoms with Crippen molar-refractivity contribution < 1.29 is 23.8 Å². The Hall–Kier alpha value is -2.08. The molecular weight excluding hydrogens is 274 g/mol. The third-order valence-corrected chi connectivity index (χ3v) is 3.10. The largest absolute Gasteiger partial charge is 0.496 e. The number of hydrogen-bond donors (Lipinski definition) is 0. The van der Waals surface area contributed by atoms with Gasteiger partial charge in [0.05, 0.1) is 18.2 Å². The molecule has 0 atom stereocenters. The van der Waals surface area contributed by atoms with Gasteiger partial charge in [-0.25, -0.2) is 0 Å². The molecule has 0 saturated carbocycles. The number of hydrogen-bond acceptors (Lipinski definition) is 5. The van der Waals surface area contributed by atoms with Crippen LogP contribution in [0, 0.1) is 0 Å². The van der Waals surface area contributed by atoms with Gasteiger partial charge in [0.15, 0.2) is 13.1 Å². The molecule has 0 aliphatic rings. The first kappa shape index (κ1) is 17.0. The number of benzene rings is 1. The Kier molecular flexibility index (Phi) is 6.68. The molecule has 1 aromatic rings. The molecule has 1 amide bonds. The van der Waals surface area contributed by atoms with Gasteiger partial charge in [0.2, 0.25) is 0 Å². The Labute approximate surface area is 124 Å². The number of rotatable bonds is 8. The number of amides is 1. The summed E-state index contributed by atoms with van der Waals surface area (Å²) in [5, 5.41) is 0. The van der Waals surface area contributed by atoms with Crippen LogP contribution in [0.15, 0.2) is 12.1 Å². The van der Waals surface area contributed by atoms with E-state index in [2.05, 4.69) is 0 Å². The molecule has 1 aromatic carbocycles. The molecule has 116 valence electrons. The van der Waals surface area contributed by atoms with Crippen molar-refractivity contribution in [3.8, 4) is 11.5 Å². The molecule has 0 saturated heterocycles. The maximum Gasteiger partial charge on any atom is 0.258 e. The topological polar surface area (TPSA) is 65.1 Å². The summed E-state index contributed by atoms with van der Waals surface area (Å²) in [6, 6.07) is 3.19. The summed E-state index contributed by atoms with van der Waals surface area (Å²) in [6.07, 6.45) is 0.606. The van der Waals surface area contributed by atoms with Crippen molar-refractivity contribution in [2.75, 3.05) is 34.1 Å². The van der Waals surface area contributed by atoms with Crippen LogP contribution in [0.25, 0.3) is 0 Å². The van der Waals surface area contributed by atoms with Crippen LogP contribution in [-0.2, 0) is 4.74 Å². The fraction of sp³-hybridized carbons (Fsp3) is 0.467. The average Bonchev–Trinajstić information content (AvgIpc) is 2.52. The zero-order valence-corrected chi connectivity index (χ0v) is 12.8. The van der Waals surface area contributed by atoms with Crippen molar-refractivity contribution in [3.05, 3.63) is 23.3 Å². The Bertz CT molecular complexity index is 497. The first-order valence-electron chi connectivity index (χ1n) is 6.71. The van der Waals surface area contributed by atoms with E-state index in [1.54, 1.807) is 17.0 Å². The van der Waals surface area contributed by atoms with Gasteiger partial charge in [0.1, 0.15) is 11.5 Å². The number of ether oxygens (including phenoxy) is 3. The normalized spacial score (nSPS) is 10.1. The second-order valence-electron chi connectivity index (χ2n) is 4.20. The lowest BCUT2D eigenvalue weighted by molar-refractivity contribution is 0.0490. The van der Waals surface area contributed by atoms with Crippen LogP contribution in [0.2, 0.25) is 0 Å². The van der Waals surface area contributed by atoms with E-state index in [1.807, 2.05) is 13.8 Å². The molecule has 0 fully saturated rings. The third-order valence-electron chi connectivity index (χ3n) is 3.10. The molecule has 0 spiro atoms. The van der Waals surface area contributed by atoms with Gasteiger partial charge in [0, 0.05) is 20.2 Å². The summed E-state index contributed by atoms with van der Waals surface area (Å²) >= 11 is 0. The van der Waals surface area contributed by atoms with Crippen LogP contribution in [0.1, 0.15) is 34.6 Å². The summed E-state index contributed by atoms with van der Waals surface area (Å²) in [5.74, 6) is 0.369. The van der Waals surface area contributed by atoms with E-state index in [0.29, 0.717) is 30.9 Å². The van der Waals surface area contributed by atoms with Gasteiger partial charge >= 0.3 is 0 Å². The summed E-state index contributed by atoms with van der Waals surface area (Å²) in [5.41, 5.74) is 0.383.